The lowest BCUT2D eigenvalue weighted by Crippen LogP contribution is -2.17. The summed E-state index contributed by atoms with van der Waals surface area (Å²) < 4.78 is 0. The largest absolute Gasteiger partial charge is 0.317 e. The van der Waals surface area contributed by atoms with Crippen LogP contribution in [-0.2, 0) is 6.42 Å². The van der Waals surface area contributed by atoms with Crippen molar-refractivity contribution in [2.45, 2.75) is 40.5 Å². The zero-order chi connectivity index (χ0) is 12.0. The van der Waals surface area contributed by atoms with Gasteiger partial charge in [-0.3, -0.25) is 0 Å². The zero-order valence-corrected chi connectivity index (χ0v) is 11.1. The first-order valence-corrected chi connectivity index (χ1v) is 6.41. The summed E-state index contributed by atoms with van der Waals surface area (Å²) in [6, 6.07) is 6.59. The van der Waals surface area contributed by atoms with E-state index in [1.807, 2.05) is 0 Å². The van der Waals surface area contributed by atoms with Gasteiger partial charge in [0.1, 0.15) is 0 Å². The summed E-state index contributed by atoms with van der Waals surface area (Å²) in [6.45, 7) is 11.2. The molecule has 1 aromatic rings. The Kier molecular flexibility index (Phi) is 5.54. The number of aryl methyl sites for hydroxylation is 2. The normalized spacial score (nSPS) is 12.8. The monoisotopic (exact) mass is 219 g/mol. The van der Waals surface area contributed by atoms with Gasteiger partial charge in [-0.1, -0.05) is 32.0 Å². The van der Waals surface area contributed by atoms with Crippen LogP contribution in [0, 0.1) is 19.8 Å². The van der Waals surface area contributed by atoms with Crippen molar-refractivity contribution in [2.24, 2.45) is 5.92 Å². The third kappa shape index (κ3) is 3.97. The molecule has 0 aliphatic rings. The van der Waals surface area contributed by atoms with Crippen LogP contribution >= 0.6 is 0 Å². The Bertz CT molecular complexity index is 297. The van der Waals surface area contributed by atoms with E-state index in [1.165, 1.54) is 24.0 Å². The first kappa shape index (κ1) is 13.2. The van der Waals surface area contributed by atoms with E-state index in [2.05, 4.69) is 51.2 Å². The van der Waals surface area contributed by atoms with Gasteiger partial charge in [0.05, 0.1) is 0 Å². The van der Waals surface area contributed by atoms with Crippen LogP contribution in [0.4, 0.5) is 0 Å². The van der Waals surface area contributed by atoms with Gasteiger partial charge in [0.15, 0.2) is 0 Å². The highest BCUT2D eigenvalue weighted by Gasteiger charge is 2.07. The highest BCUT2D eigenvalue weighted by Crippen LogP contribution is 2.19. The molecule has 0 heterocycles. The fraction of sp³-hybridized carbons (Fsp3) is 0.600. The Balaban J connectivity index is 2.52. The summed E-state index contributed by atoms with van der Waals surface area (Å²) in [5, 5.41) is 3.39. The Labute approximate surface area is 100 Å². The highest BCUT2D eigenvalue weighted by molar-refractivity contribution is 5.33. The highest BCUT2D eigenvalue weighted by atomic mass is 14.8. The first-order valence-electron chi connectivity index (χ1n) is 6.41. The second-order valence-corrected chi connectivity index (χ2v) is 4.82. The average Bonchev–Trinajstić information content (AvgIpc) is 2.24. The second-order valence-electron chi connectivity index (χ2n) is 4.82. The van der Waals surface area contributed by atoms with Crippen LogP contribution in [-0.4, -0.2) is 13.1 Å². The van der Waals surface area contributed by atoms with Crippen molar-refractivity contribution in [1.82, 2.24) is 5.32 Å². The molecule has 0 amide bonds. The lowest BCUT2D eigenvalue weighted by molar-refractivity contribution is 0.503. The Morgan fingerprint density at radius 3 is 2.38 bits per heavy atom. The smallest absolute Gasteiger partial charge is 0.00464 e. The molecule has 0 radical (unpaired) electrons. The molecule has 0 aliphatic carbocycles. The third-order valence-electron chi connectivity index (χ3n) is 3.26. The van der Waals surface area contributed by atoms with E-state index >= 15 is 0 Å². The molecule has 90 valence electrons. The van der Waals surface area contributed by atoms with Gasteiger partial charge in [-0.05, 0) is 62.4 Å². The molecule has 0 aromatic heterocycles. The van der Waals surface area contributed by atoms with Crippen LogP contribution in [0.15, 0.2) is 18.2 Å². The molecule has 1 nitrogen and oxygen atoms in total. The lowest BCUT2D eigenvalue weighted by atomic mass is 9.92. The van der Waals surface area contributed by atoms with Crippen molar-refractivity contribution >= 4 is 0 Å². The maximum Gasteiger partial charge on any atom is -0.00464 e. The van der Waals surface area contributed by atoms with E-state index in [1.54, 1.807) is 5.56 Å². The van der Waals surface area contributed by atoms with E-state index in [-0.39, 0.29) is 0 Å². The summed E-state index contributed by atoms with van der Waals surface area (Å²) in [5.41, 5.74) is 4.43. The predicted molar refractivity (Wildman–Crippen MR) is 71.9 cm³/mol. The van der Waals surface area contributed by atoms with Crippen molar-refractivity contribution in [1.29, 1.82) is 0 Å². The standard InChI is InChI=1S/C15H25N/c1-5-16-10-9-12(2)11-15-13(3)7-6-8-14(15)4/h6-8,12,16H,5,9-11H2,1-4H3. The molecular formula is C15H25N. The van der Waals surface area contributed by atoms with E-state index in [9.17, 15) is 0 Å². The van der Waals surface area contributed by atoms with E-state index in [0.717, 1.165) is 19.0 Å². The van der Waals surface area contributed by atoms with Crippen LogP contribution in [0.2, 0.25) is 0 Å². The lowest BCUT2D eigenvalue weighted by Gasteiger charge is -2.15. The van der Waals surface area contributed by atoms with Gasteiger partial charge < -0.3 is 5.32 Å². The van der Waals surface area contributed by atoms with Crippen molar-refractivity contribution < 1.29 is 0 Å². The minimum atomic E-state index is 0.763. The van der Waals surface area contributed by atoms with Gasteiger partial charge in [-0.2, -0.15) is 0 Å². The fourth-order valence-electron chi connectivity index (χ4n) is 2.15. The number of nitrogens with one attached hydrogen (secondary N) is 1. The fourth-order valence-corrected chi connectivity index (χ4v) is 2.15. The third-order valence-corrected chi connectivity index (χ3v) is 3.26. The van der Waals surface area contributed by atoms with E-state index in [4.69, 9.17) is 0 Å². The van der Waals surface area contributed by atoms with E-state index in [0.29, 0.717) is 0 Å². The van der Waals surface area contributed by atoms with Gasteiger partial charge >= 0.3 is 0 Å². The molecule has 0 aliphatic heterocycles. The summed E-state index contributed by atoms with van der Waals surface area (Å²) in [7, 11) is 0. The van der Waals surface area contributed by atoms with Crippen LogP contribution in [0.25, 0.3) is 0 Å². The van der Waals surface area contributed by atoms with Crippen LogP contribution < -0.4 is 5.32 Å². The van der Waals surface area contributed by atoms with Crippen molar-refractivity contribution in [3.8, 4) is 0 Å². The first-order chi connectivity index (χ1) is 7.65. The number of rotatable bonds is 6. The summed E-state index contributed by atoms with van der Waals surface area (Å²) in [6.07, 6.45) is 2.48. The molecule has 0 bridgehead atoms. The van der Waals surface area contributed by atoms with Crippen LogP contribution in [0.1, 0.15) is 37.0 Å². The molecule has 0 saturated carbocycles. The minimum absolute atomic E-state index is 0.763. The zero-order valence-electron chi connectivity index (χ0n) is 11.1. The predicted octanol–water partition coefficient (Wildman–Crippen LogP) is 3.48. The SMILES string of the molecule is CCNCCC(C)Cc1c(C)cccc1C. The van der Waals surface area contributed by atoms with Gasteiger partial charge in [0.25, 0.3) is 0 Å². The molecule has 1 aromatic carbocycles. The molecule has 1 rings (SSSR count). The summed E-state index contributed by atoms with van der Waals surface area (Å²) >= 11 is 0. The molecule has 0 spiro atoms. The molecule has 1 N–H and O–H groups in total. The van der Waals surface area contributed by atoms with Gasteiger partial charge in [0, 0.05) is 0 Å². The van der Waals surface area contributed by atoms with Crippen LogP contribution in [0.3, 0.4) is 0 Å². The number of benzene rings is 1. The van der Waals surface area contributed by atoms with Crippen molar-refractivity contribution in [3.63, 3.8) is 0 Å². The van der Waals surface area contributed by atoms with E-state index < -0.39 is 0 Å². The number of hydrogen-bond acceptors (Lipinski definition) is 1. The average molecular weight is 219 g/mol. The molecule has 1 atom stereocenters. The Morgan fingerprint density at radius 1 is 1.19 bits per heavy atom. The van der Waals surface area contributed by atoms with Crippen LogP contribution in [0.5, 0.6) is 0 Å². The molecule has 0 fully saturated rings. The summed E-state index contributed by atoms with van der Waals surface area (Å²) in [5.74, 6) is 0.763. The maximum absolute atomic E-state index is 3.39. The Morgan fingerprint density at radius 2 is 1.81 bits per heavy atom. The number of hydrogen-bond donors (Lipinski definition) is 1. The molecule has 16 heavy (non-hydrogen) atoms. The van der Waals surface area contributed by atoms with Gasteiger partial charge in [-0.15, -0.1) is 0 Å². The molecule has 1 unspecified atom stereocenters. The Hall–Kier alpha value is -0.820. The topological polar surface area (TPSA) is 12.0 Å². The molecule has 1 heteroatoms. The second kappa shape index (κ2) is 6.70. The van der Waals surface area contributed by atoms with Crippen molar-refractivity contribution in [2.75, 3.05) is 13.1 Å². The molecule has 0 saturated heterocycles. The minimum Gasteiger partial charge on any atom is -0.317 e. The van der Waals surface area contributed by atoms with Gasteiger partial charge in [-0.25, -0.2) is 0 Å². The van der Waals surface area contributed by atoms with Crippen molar-refractivity contribution in [3.05, 3.63) is 34.9 Å². The summed E-state index contributed by atoms with van der Waals surface area (Å²) in [4.78, 5) is 0. The van der Waals surface area contributed by atoms with Gasteiger partial charge in [0.2, 0.25) is 0 Å². The quantitative estimate of drug-likeness (QED) is 0.722. The molecular weight excluding hydrogens is 194 g/mol. The maximum atomic E-state index is 3.39.